The number of methoxy groups -OCH3 is 1. The van der Waals surface area contributed by atoms with Gasteiger partial charge in [0.15, 0.2) is 5.69 Å². The van der Waals surface area contributed by atoms with E-state index in [0.29, 0.717) is 0 Å². The van der Waals surface area contributed by atoms with Gasteiger partial charge >= 0.3 is 0 Å². The fourth-order valence-electron chi connectivity index (χ4n) is 0.759. The van der Waals surface area contributed by atoms with Gasteiger partial charge in [-0.25, -0.2) is 4.98 Å². The predicted octanol–water partition coefficient (Wildman–Crippen LogP) is 1.10. The minimum absolute atomic E-state index is 0.0779. The summed E-state index contributed by atoms with van der Waals surface area (Å²) in [6.45, 7) is 0. The molecule has 1 aromatic rings. The highest BCUT2D eigenvalue weighted by atomic mass is 35.5. The van der Waals surface area contributed by atoms with Crippen LogP contribution in [-0.4, -0.2) is 25.0 Å². The molecule has 5 heteroatoms. The zero-order chi connectivity index (χ0) is 12.3. The highest BCUT2D eigenvalue weighted by molar-refractivity contribution is 6.33. The van der Waals surface area contributed by atoms with Crippen molar-refractivity contribution in [1.29, 1.82) is 0 Å². The van der Waals surface area contributed by atoms with Crippen molar-refractivity contribution in [2.75, 3.05) is 14.1 Å². The minimum atomic E-state index is -2.61. The van der Waals surface area contributed by atoms with E-state index in [0.717, 1.165) is 0 Å². The average Bonchev–Trinajstić information content (AvgIpc) is 2.18. The number of aromatic nitrogens is 1. The molecule has 0 aromatic carbocycles. The quantitative estimate of drug-likeness (QED) is 0.783. The van der Waals surface area contributed by atoms with Gasteiger partial charge < -0.3 is 10.1 Å². The molecule has 1 aromatic heterocycles. The molecule has 1 amide bonds. The molecule has 0 saturated heterocycles. The number of nitrogens with one attached hydrogen (secondary N) is 1. The van der Waals surface area contributed by atoms with Crippen LogP contribution >= 0.6 is 11.6 Å². The molecule has 0 bridgehead atoms. The molecule has 0 saturated carbocycles. The van der Waals surface area contributed by atoms with Crippen LogP contribution in [0, 0.1) is 0 Å². The van der Waals surface area contributed by atoms with Crippen LogP contribution in [0.2, 0.25) is 5.02 Å². The van der Waals surface area contributed by atoms with Gasteiger partial charge in [0.2, 0.25) is 5.88 Å². The van der Waals surface area contributed by atoms with Gasteiger partial charge in [-0.2, -0.15) is 0 Å². The molecule has 0 aliphatic heterocycles. The van der Waals surface area contributed by atoms with E-state index >= 15 is 0 Å². The number of ether oxygens (including phenoxy) is 1. The summed E-state index contributed by atoms with van der Waals surface area (Å²) in [6.07, 6.45) is 0. The van der Waals surface area contributed by atoms with Crippen molar-refractivity contribution in [2.24, 2.45) is 0 Å². The lowest BCUT2D eigenvalue weighted by atomic mass is 10.3. The lowest BCUT2D eigenvalue weighted by Gasteiger charge is -2.03. The molecular formula is C8H9ClN2O2. The van der Waals surface area contributed by atoms with Gasteiger partial charge in [-0.15, -0.1) is 0 Å². The van der Waals surface area contributed by atoms with E-state index in [9.17, 15) is 4.79 Å². The Labute approximate surface area is 85.1 Å². The zero-order valence-electron chi connectivity index (χ0n) is 9.80. The molecule has 0 spiro atoms. The Balaban J connectivity index is 3.03. The van der Waals surface area contributed by atoms with Crippen LogP contribution < -0.4 is 10.1 Å². The molecule has 0 atom stereocenters. The number of carbonyl (C=O) groups excluding carboxylic acids is 1. The zero-order valence-corrected chi connectivity index (χ0v) is 7.55. The second-order valence-corrected chi connectivity index (χ2v) is 2.57. The highest BCUT2D eigenvalue weighted by Crippen LogP contribution is 2.17. The molecule has 0 aliphatic rings. The monoisotopic (exact) mass is 203 g/mol. The Morgan fingerprint density at radius 1 is 1.77 bits per heavy atom. The molecule has 70 valence electrons. The first-order chi connectivity index (χ1) is 7.33. The maximum absolute atomic E-state index is 11.3. The van der Waals surface area contributed by atoms with Gasteiger partial charge in [-0.3, -0.25) is 4.79 Å². The van der Waals surface area contributed by atoms with Crippen LogP contribution in [0.5, 0.6) is 5.88 Å². The number of halogens is 1. The summed E-state index contributed by atoms with van der Waals surface area (Å²) in [6, 6.07) is 2.63. The Hall–Kier alpha value is -1.29. The molecule has 4 nitrogen and oxygen atoms in total. The first-order valence-electron chi connectivity index (χ1n) is 4.91. The maximum atomic E-state index is 11.3. The summed E-state index contributed by atoms with van der Waals surface area (Å²) in [4.78, 5) is 15.0. The predicted molar refractivity (Wildman–Crippen MR) is 49.2 cm³/mol. The standard InChI is InChI=1S/C8H9ClN2O2/c1-10-8(12)7-5(9)3-4-6(11-7)13-2/h3-4H,1-2H3,(H,10,12)/i2D3. The second-order valence-electron chi connectivity index (χ2n) is 2.16. The topological polar surface area (TPSA) is 51.2 Å². The van der Waals surface area contributed by atoms with E-state index in [1.165, 1.54) is 19.2 Å². The van der Waals surface area contributed by atoms with E-state index in [2.05, 4.69) is 15.0 Å². The van der Waals surface area contributed by atoms with Gasteiger partial charge in [0.1, 0.15) is 0 Å². The van der Waals surface area contributed by atoms with Crippen LogP contribution in [0.3, 0.4) is 0 Å². The lowest BCUT2D eigenvalue weighted by molar-refractivity contribution is 0.0957. The SMILES string of the molecule is [2H]C([2H])([2H])Oc1ccc(Cl)c(C(=O)NC)n1. The van der Waals surface area contributed by atoms with Crippen molar-refractivity contribution in [3.05, 3.63) is 22.8 Å². The van der Waals surface area contributed by atoms with Crippen molar-refractivity contribution < 1.29 is 13.6 Å². The van der Waals surface area contributed by atoms with Crippen LogP contribution in [0.25, 0.3) is 0 Å². The molecule has 0 radical (unpaired) electrons. The Bertz CT molecular complexity index is 409. The summed E-state index contributed by atoms with van der Waals surface area (Å²) in [7, 11) is -1.20. The molecule has 1 rings (SSSR count). The van der Waals surface area contributed by atoms with Gasteiger partial charge in [-0.05, 0) is 6.07 Å². The first-order valence-corrected chi connectivity index (χ1v) is 3.79. The minimum Gasteiger partial charge on any atom is -0.481 e. The molecule has 0 fully saturated rings. The third kappa shape index (κ3) is 2.09. The van der Waals surface area contributed by atoms with Gasteiger partial charge in [-0.1, -0.05) is 11.6 Å². The number of amides is 1. The number of rotatable bonds is 2. The number of hydrogen-bond donors (Lipinski definition) is 1. The molecular weight excluding hydrogens is 192 g/mol. The van der Waals surface area contributed by atoms with Crippen molar-refractivity contribution in [3.8, 4) is 5.88 Å². The van der Waals surface area contributed by atoms with Crippen molar-refractivity contribution >= 4 is 17.5 Å². The number of carbonyl (C=O) groups is 1. The third-order valence-corrected chi connectivity index (χ3v) is 1.67. The number of pyridine rings is 1. The van der Waals surface area contributed by atoms with E-state index in [1.54, 1.807) is 0 Å². The maximum Gasteiger partial charge on any atom is 0.271 e. The highest BCUT2D eigenvalue weighted by Gasteiger charge is 2.11. The van der Waals surface area contributed by atoms with E-state index in [1.807, 2.05) is 0 Å². The van der Waals surface area contributed by atoms with Gasteiger partial charge in [0.25, 0.3) is 5.91 Å². The fraction of sp³-hybridized carbons (Fsp3) is 0.250. The summed E-state index contributed by atoms with van der Waals surface area (Å²) in [5, 5.41) is 2.45. The molecule has 1 heterocycles. The van der Waals surface area contributed by atoms with Gasteiger partial charge in [0.05, 0.1) is 16.2 Å². The second kappa shape index (κ2) is 4.09. The fourth-order valence-corrected chi connectivity index (χ4v) is 0.950. The van der Waals surface area contributed by atoms with Crippen molar-refractivity contribution in [2.45, 2.75) is 0 Å². The van der Waals surface area contributed by atoms with Crippen LogP contribution in [-0.2, 0) is 0 Å². The average molecular weight is 204 g/mol. The Kier molecular flexibility index (Phi) is 1.95. The van der Waals surface area contributed by atoms with E-state index in [4.69, 9.17) is 15.7 Å². The summed E-state index contributed by atoms with van der Waals surface area (Å²) in [5.41, 5.74) is -0.0779. The largest absolute Gasteiger partial charge is 0.481 e. The van der Waals surface area contributed by atoms with Crippen molar-refractivity contribution in [1.82, 2.24) is 10.3 Å². The molecule has 13 heavy (non-hydrogen) atoms. The normalized spacial score (nSPS) is 13.8. The first kappa shape index (κ1) is 6.21. The summed E-state index contributed by atoms with van der Waals surface area (Å²) >= 11 is 5.72. The number of nitrogens with zero attached hydrogens (tertiary/aromatic N) is 1. The Morgan fingerprint density at radius 2 is 2.54 bits per heavy atom. The molecule has 1 N–H and O–H groups in total. The van der Waals surface area contributed by atoms with Crippen LogP contribution in [0.1, 0.15) is 14.6 Å². The third-order valence-electron chi connectivity index (χ3n) is 1.37. The molecule has 0 aliphatic carbocycles. The number of hydrogen-bond acceptors (Lipinski definition) is 3. The van der Waals surface area contributed by atoms with Crippen molar-refractivity contribution in [3.63, 3.8) is 0 Å². The smallest absolute Gasteiger partial charge is 0.271 e. The van der Waals surface area contributed by atoms with E-state index < -0.39 is 12.9 Å². The van der Waals surface area contributed by atoms with E-state index in [-0.39, 0.29) is 16.6 Å². The van der Waals surface area contributed by atoms with Gasteiger partial charge in [0, 0.05) is 13.1 Å². The Morgan fingerprint density at radius 3 is 3.15 bits per heavy atom. The summed E-state index contributed by atoms with van der Waals surface area (Å²) < 4.78 is 25.2. The summed E-state index contributed by atoms with van der Waals surface area (Å²) in [5.74, 6) is -0.691. The lowest BCUT2D eigenvalue weighted by Crippen LogP contribution is -2.19. The van der Waals surface area contributed by atoms with Crippen LogP contribution in [0.4, 0.5) is 0 Å². The van der Waals surface area contributed by atoms with Crippen LogP contribution in [0.15, 0.2) is 12.1 Å². The molecule has 0 unspecified atom stereocenters.